The van der Waals surface area contributed by atoms with Gasteiger partial charge >= 0.3 is 0 Å². The van der Waals surface area contributed by atoms with E-state index in [0.29, 0.717) is 36.6 Å². The van der Waals surface area contributed by atoms with Gasteiger partial charge in [-0.1, -0.05) is 37.3 Å². The van der Waals surface area contributed by atoms with Gasteiger partial charge in [0, 0.05) is 12.2 Å². The zero-order valence-corrected chi connectivity index (χ0v) is 18.6. The zero-order chi connectivity index (χ0) is 22.8. The highest BCUT2D eigenvalue weighted by molar-refractivity contribution is 7.89. The smallest absolute Gasteiger partial charge is 0.259 e. The first-order chi connectivity index (χ1) is 15.5. The highest BCUT2D eigenvalue weighted by Crippen LogP contribution is 2.21. The Morgan fingerprint density at radius 3 is 2.22 bits per heavy atom. The van der Waals surface area contributed by atoms with E-state index in [1.54, 1.807) is 36.4 Å². The van der Waals surface area contributed by atoms with Crippen LogP contribution in [0, 0.1) is 0 Å². The van der Waals surface area contributed by atoms with Crippen LogP contribution in [0.15, 0.2) is 83.8 Å². The Morgan fingerprint density at radius 2 is 1.50 bits per heavy atom. The summed E-state index contributed by atoms with van der Waals surface area (Å²) < 4.78 is 38.2. The molecule has 0 aromatic heterocycles. The topological polar surface area (TPSA) is 93.7 Å². The minimum absolute atomic E-state index is 0.145. The summed E-state index contributed by atoms with van der Waals surface area (Å²) in [6, 6.07) is 22.3. The molecule has 0 bridgehead atoms. The number of ether oxygens (including phenoxy) is 2. The summed E-state index contributed by atoms with van der Waals surface area (Å²) in [5.41, 5.74) is 0.847. The molecule has 0 fully saturated rings. The normalized spacial score (nSPS) is 11.0. The van der Waals surface area contributed by atoms with Gasteiger partial charge in [-0.25, -0.2) is 13.1 Å². The van der Waals surface area contributed by atoms with Gasteiger partial charge in [-0.3, -0.25) is 4.79 Å². The Labute approximate surface area is 188 Å². The van der Waals surface area contributed by atoms with Crippen molar-refractivity contribution in [3.8, 4) is 11.5 Å². The molecule has 0 saturated heterocycles. The van der Waals surface area contributed by atoms with Crippen molar-refractivity contribution in [2.24, 2.45) is 0 Å². The monoisotopic (exact) mass is 454 g/mol. The second kappa shape index (κ2) is 11.3. The van der Waals surface area contributed by atoms with E-state index in [1.807, 2.05) is 37.3 Å². The van der Waals surface area contributed by atoms with Crippen LogP contribution in [0.2, 0.25) is 0 Å². The van der Waals surface area contributed by atoms with Gasteiger partial charge in [-0.15, -0.1) is 0 Å². The number of anilines is 1. The number of hydrogen-bond acceptors (Lipinski definition) is 5. The Kier molecular flexibility index (Phi) is 8.24. The van der Waals surface area contributed by atoms with Crippen LogP contribution in [0.3, 0.4) is 0 Å². The average molecular weight is 455 g/mol. The lowest BCUT2D eigenvalue weighted by Gasteiger charge is -2.13. The van der Waals surface area contributed by atoms with Crippen LogP contribution in [0.4, 0.5) is 5.69 Å². The van der Waals surface area contributed by atoms with Crippen molar-refractivity contribution in [3.63, 3.8) is 0 Å². The molecule has 0 radical (unpaired) electrons. The molecule has 32 heavy (non-hydrogen) atoms. The van der Waals surface area contributed by atoms with E-state index in [2.05, 4.69) is 10.0 Å². The van der Waals surface area contributed by atoms with Crippen LogP contribution >= 0.6 is 0 Å². The number of rotatable bonds is 11. The van der Waals surface area contributed by atoms with Crippen LogP contribution in [0.5, 0.6) is 11.5 Å². The summed E-state index contributed by atoms with van der Waals surface area (Å²) in [5.74, 6) is 0.825. The van der Waals surface area contributed by atoms with Crippen LogP contribution < -0.4 is 19.5 Å². The van der Waals surface area contributed by atoms with Gasteiger partial charge in [0.05, 0.1) is 10.5 Å². The standard InChI is InChI=1S/C24H26N2O5S/c1-2-16-25-32(28,29)21-14-12-19(13-15-21)26-24(27)22-10-6-7-11-23(22)31-18-17-30-20-8-4-3-5-9-20/h3-15,25H,2,16-18H2,1H3,(H,26,27). The highest BCUT2D eigenvalue weighted by atomic mass is 32.2. The number of carbonyl (C=O) groups excluding carboxylic acids is 1. The number of amides is 1. The first kappa shape index (κ1) is 23.3. The van der Waals surface area contributed by atoms with Crippen molar-refractivity contribution in [3.05, 3.63) is 84.4 Å². The molecule has 0 atom stereocenters. The maximum atomic E-state index is 12.8. The molecule has 0 heterocycles. The van der Waals surface area contributed by atoms with Gasteiger partial charge in [0.2, 0.25) is 10.0 Å². The molecular weight excluding hydrogens is 428 g/mol. The molecule has 0 aliphatic carbocycles. The third kappa shape index (κ3) is 6.57. The van der Waals surface area contributed by atoms with Crippen molar-refractivity contribution in [1.82, 2.24) is 4.72 Å². The van der Waals surface area contributed by atoms with Crippen molar-refractivity contribution in [2.75, 3.05) is 25.1 Å². The molecule has 0 unspecified atom stereocenters. The van der Waals surface area contributed by atoms with Crippen molar-refractivity contribution < 1.29 is 22.7 Å². The predicted octanol–water partition coefficient (Wildman–Crippen LogP) is 4.09. The van der Waals surface area contributed by atoms with Crippen molar-refractivity contribution in [2.45, 2.75) is 18.2 Å². The molecule has 0 spiro atoms. The molecule has 0 aliphatic rings. The number of sulfonamides is 1. The quantitative estimate of drug-likeness (QED) is 0.426. The van der Waals surface area contributed by atoms with Gasteiger partial charge in [-0.05, 0) is 55.0 Å². The lowest BCUT2D eigenvalue weighted by Crippen LogP contribution is -2.24. The molecule has 1 amide bonds. The number of nitrogens with one attached hydrogen (secondary N) is 2. The Hall–Kier alpha value is -3.36. The summed E-state index contributed by atoms with van der Waals surface area (Å²) >= 11 is 0. The fraction of sp³-hybridized carbons (Fsp3) is 0.208. The number of hydrogen-bond donors (Lipinski definition) is 2. The summed E-state index contributed by atoms with van der Waals surface area (Å²) in [4.78, 5) is 12.9. The van der Waals surface area contributed by atoms with E-state index in [0.717, 1.165) is 5.75 Å². The molecule has 3 rings (SSSR count). The first-order valence-corrected chi connectivity index (χ1v) is 11.8. The second-order valence-corrected chi connectivity index (χ2v) is 8.65. The molecular formula is C24H26N2O5S. The van der Waals surface area contributed by atoms with E-state index in [9.17, 15) is 13.2 Å². The Balaban J connectivity index is 1.59. The van der Waals surface area contributed by atoms with Gasteiger partial charge in [0.1, 0.15) is 24.7 Å². The van der Waals surface area contributed by atoms with E-state index in [1.165, 1.54) is 12.1 Å². The van der Waals surface area contributed by atoms with E-state index in [-0.39, 0.29) is 17.4 Å². The van der Waals surface area contributed by atoms with E-state index < -0.39 is 10.0 Å². The highest BCUT2D eigenvalue weighted by Gasteiger charge is 2.15. The minimum Gasteiger partial charge on any atom is -0.490 e. The largest absolute Gasteiger partial charge is 0.490 e. The number of benzene rings is 3. The summed E-state index contributed by atoms with van der Waals surface area (Å²) in [6.45, 7) is 2.87. The average Bonchev–Trinajstić information content (AvgIpc) is 2.82. The van der Waals surface area contributed by atoms with E-state index in [4.69, 9.17) is 9.47 Å². The van der Waals surface area contributed by atoms with Gasteiger partial charge in [0.25, 0.3) is 5.91 Å². The maximum Gasteiger partial charge on any atom is 0.259 e. The molecule has 8 heteroatoms. The number of carbonyl (C=O) groups is 1. The molecule has 7 nitrogen and oxygen atoms in total. The first-order valence-electron chi connectivity index (χ1n) is 10.3. The SMILES string of the molecule is CCCNS(=O)(=O)c1ccc(NC(=O)c2ccccc2OCCOc2ccccc2)cc1. The van der Waals surface area contributed by atoms with Crippen LogP contribution in [-0.4, -0.2) is 34.1 Å². The van der Waals surface area contributed by atoms with Gasteiger partial charge in [0.15, 0.2) is 0 Å². The molecule has 0 saturated carbocycles. The molecule has 168 valence electrons. The fourth-order valence-corrected chi connectivity index (χ4v) is 3.98. The lowest BCUT2D eigenvalue weighted by molar-refractivity contribution is 0.102. The third-order valence-electron chi connectivity index (χ3n) is 4.45. The fourth-order valence-electron chi connectivity index (χ4n) is 2.84. The predicted molar refractivity (Wildman–Crippen MR) is 124 cm³/mol. The minimum atomic E-state index is -3.55. The van der Waals surface area contributed by atoms with Crippen molar-refractivity contribution >= 4 is 21.6 Å². The summed E-state index contributed by atoms with van der Waals surface area (Å²) in [5, 5.41) is 2.77. The zero-order valence-electron chi connectivity index (χ0n) is 17.8. The Bertz CT molecular complexity index is 1120. The number of para-hydroxylation sites is 2. The van der Waals surface area contributed by atoms with E-state index >= 15 is 0 Å². The summed E-state index contributed by atoms with van der Waals surface area (Å²) in [6.07, 6.45) is 0.702. The van der Waals surface area contributed by atoms with Crippen molar-refractivity contribution in [1.29, 1.82) is 0 Å². The molecule has 2 N–H and O–H groups in total. The van der Waals surface area contributed by atoms with Gasteiger partial charge < -0.3 is 14.8 Å². The molecule has 3 aromatic rings. The van der Waals surface area contributed by atoms with Crippen LogP contribution in [0.1, 0.15) is 23.7 Å². The molecule has 3 aromatic carbocycles. The maximum absolute atomic E-state index is 12.8. The third-order valence-corrected chi connectivity index (χ3v) is 5.93. The van der Waals surface area contributed by atoms with Crippen LogP contribution in [0.25, 0.3) is 0 Å². The lowest BCUT2D eigenvalue weighted by atomic mass is 10.2. The molecule has 0 aliphatic heterocycles. The summed E-state index contributed by atoms with van der Waals surface area (Å²) in [7, 11) is -3.55. The second-order valence-electron chi connectivity index (χ2n) is 6.88. The van der Waals surface area contributed by atoms with Gasteiger partial charge in [-0.2, -0.15) is 0 Å². The Morgan fingerprint density at radius 1 is 0.844 bits per heavy atom. The van der Waals surface area contributed by atoms with Crippen LogP contribution in [-0.2, 0) is 10.0 Å².